The first kappa shape index (κ1) is 20.8. The lowest BCUT2D eigenvalue weighted by atomic mass is 9.60. The second-order valence-electron chi connectivity index (χ2n) is 7.76. The standard InChI is InChI=1S/C26H23N5O2/c1-32-21-12-8-19(9-13-21)25(18-6-4-3-5-7-18,20-10-14-22(33-2)15-11-20)26(27)23-24(29-16-28-23)30-17-31-26/h3-17H,27H2,1-2H3. The van der Waals surface area contributed by atoms with Gasteiger partial charge >= 0.3 is 0 Å². The second-order valence-corrected chi connectivity index (χ2v) is 7.76. The third-order valence-corrected chi connectivity index (χ3v) is 6.21. The van der Waals surface area contributed by atoms with Gasteiger partial charge in [0.15, 0.2) is 11.5 Å². The van der Waals surface area contributed by atoms with Crippen LogP contribution in [0.2, 0.25) is 0 Å². The number of aliphatic imine (C=N–C) groups is 4. The van der Waals surface area contributed by atoms with Gasteiger partial charge in [-0.3, -0.25) is 0 Å². The molecule has 0 saturated carbocycles. The molecule has 5 rings (SSSR count). The van der Waals surface area contributed by atoms with Crippen LogP contribution >= 0.6 is 0 Å². The molecule has 0 saturated heterocycles. The molecule has 33 heavy (non-hydrogen) atoms. The largest absolute Gasteiger partial charge is 0.497 e. The lowest BCUT2D eigenvalue weighted by Gasteiger charge is -2.47. The number of amidine groups is 1. The number of fused-ring (bicyclic) bond motifs is 1. The van der Waals surface area contributed by atoms with Crippen molar-refractivity contribution in [1.29, 1.82) is 0 Å². The van der Waals surface area contributed by atoms with Crippen molar-refractivity contribution in [3.63, 3.8) is 0 Å². The van der Waals surface area contributed by atoms with Crippen molar-refractivity contribution in [3.8, 4) is 11.5 Å². The zero-order valence-corrected chi connectivity index (χ0v) is 18.3. The Kier molecular flexibility index (Phi) is 5.11. The Morgan fingerprint density at radius 1 is 0.697 bits per heavy atom. The molecule has 2 N–H and O–H groups in total. The van der Waals surface area contributed by atoms with E-state index in [2.05, 4.69) is 27.1 Å². The maximum Gasteiger partial charge on any atom is 0.180 e. The maximum absolute atomic E-state index is 7.31. The number of benzene rings is 3. The van der Waals surface area contributed by atoms with Crippen molar-refractivity contribution < 1.29 is 9.47 Å². The first-order valence-electron chi connectivity index (χ1n) is 10.5. The molecule has 0 amide bonds. The van der Waals surface area contributed by atoms with Crippen molar-refractivity contribution in [1.82, 2.24) is 0 Å². The van der Waals surface area contributed by atoms with Crippen LogP contribution in [0.3, 0.4) is 0 Å². The zero-order valence-electron chi connectivity index (χ0n) is 18.3. The predicted molar refractivity (Wildman–Crippen MR) is 131 cm³/mol. The number of nitrogens with two attached hydrogens (primary N) is 1. The first-order chi connectivity index (χ1) is 16.1. The molecule has 0 fully saturated rings. The molecule has 7 heteroatoms. The highest BCUT2D eigenvalue weighted by molar-refractivity contribution is 6.51. The van der Waals surface area contributed by atoms with Gasteiger partial charge in [-0.15, -0.1) is 0 Å². The molecule has 1 atom stereocenters. The van der Waals surface area contributed by atoms with Crippen molar-refractivity contribution in [2.24, 2.45) is 25.7 Å². The molecule has 2 heterocycles. The lowest BCUT2D eigenvalue weighted by Crippen LogP contribution is -2.65. The molecule has 3 aromatic carbocycles. The van der Waals surface area contributed by atoms with Gasteiger partial charge in [-0.05, 0) is 41.0 Å². The minimum absolute atomic E-state index is 0.467. The lowest BCUT2D eigenvalue weighted by molar-refractivity contribution is 0.403. The summed E-state index contributed by atoms with van der Waals surface area (Å²) in [6, 6.07) is 25.8. The van der Waals surface area contributed by atoms with Crippen molar-refractivity contribution in [2.75, 3.05) is 14.2 Å². The topological polar surface area (TPSA) is 93.9 Å². The molecule has 0 radical (unpaired) electrons. The number of nitrogens with zero attached hydrogens (tertiary/aromatic N) is 4. The molecule has 0 bridgehead atoms. The van der Waals surface area contributed by atoms with E-state index in [1.807, 2.05) is 66.7 Å². The van der Waals surface area contributed by atoms with Crippen LogP contribution in [0.4, 0.5) is 0 Å². The molecule has 0 spiro atoms. The van der Waals surface area contributed by atoms with E-state index in [0.29, 0.717) is 11.5 Å². The fourth-order valence-electron chi connectivity index (χ4n) is 4.66. The Morgan fingerprint density at radius 3 is 1.79 bits per heavy atom. The van der Waals surface area contributed by atoms with E-state index in [-0.39, 0.29) is 0 Å². The van der Waals surface area contributed by atoms with E-state index in [4.69, 9.17) is 20.2 Å². The molecule has 164 valence electrons. The van der Waals surface area contributed by atoms with E-state index in [9.17, 15) is 0 Å². The summed E-state index contributed by atoms with van der Waals surface area (Å²) in [6.07, 6.45) is 2.95. The number of hydrogen-bond donors (Lipinski definition) is 1. The Balaban J connectivity index is 1.88. The molecule has 2 aliphatic heterocycles. The summed E-state index contributed by atoms with van der Waals surface area (Å²) in [7, 11) is 3.29. The van der Waals surface area contributed by atoms with Crippen LogP contribution in [0.5, 0.6) is 11.5 Å². The van der Waals surface area contributed by atoms with Gasteiger partial charge in [0.05, 0.1) is 19.6 Å². The SMILES string of the molecule is COc1ccc(C(c2ccccc2)(c2ccc(OC)cc2)C2(N)N=CN=C3N=CN=C32)cc1. The van der Waals surface area contributed by atoms with E-state index in [0.717, 1.165) is 28.2 Å². The molecule has 1 unspecified atom stereocenters. The molecule has 7 nitrogen and oxygen atoms in total. The minimum Gasteiger partial charge on any atom is -0.497 e. The third-order valence-electron chi connectivity index (χ3n) is 6.21. The summed E-state index contributed by atoms with van der Waals surface area (Å²) in [4.78, 5) is 17.9. The van der Waals surface area contributed by atoms with E-state index >= 15 is 0 Å². The second kappa shape index (κ2) is 8.11. The first-order valence-corrected chi connectivity index (χ1v) is 10.5. The van der Waals surface area contributed by atoms with Gasteiger partial charge in [-0.2, -0.15) is 0 Å². The maximum atomic E-state index is 7.31. The van der Waals surface area contributed by atoms with Crippen LogP contribution in [0.1, 0.15) is 16.7 Å². The van der Waals surface area contributed by atoms with Crippen LogP contribution in [0.25, 0.3) is 0 Å². The van der Waals surface area contributed by atoms with Gasteiger partial charge in [-0.1, -0.05) is 54.6 Å². The summed E-state index contributed by atoms with van der Waals surface area (Å²) in [6.45, 7) is 0. The molecule has 0 aliphatic carbocycles. The predicted octanol–water partition coefficient (Wildman–Crippen LogP) is 3.62. The van der Waals surface area contributed by atoms with Crippen LogP contribution in [0, 0.1) is 0 Å². The average molecular weight is 438 g/mol. The zero-order chi connectivity index (χ0) is 22.9. The molecule has 3 aromatic rings. The summed E-state index contributed by atoms with van der Waals surface area (Å²) in [5, 5.41) is 0. The van der Waals surface area contributed by atoms with Crippen LogP contribution < -0.4 is 15.2 Å². The summed E-state index contributed by atoms with van der Waals surface area (Å²) >= 11 is 0. The summed E-state index contributed by atoms with van der Waals surface area (Å²) < 4.78 is 10.8. The fraction of sp³-hybridized carbons (Fsp3) is 0.154. The van der Waals surface area contributed by atoms with Crippen LogP contribution in [-0.4, -0.2) is 44.1 Å². The highest BCUT2D eigenvalue weighted by Gasteiger charge is 2.58. The number of hydrogen-bond acceptors (Lipinski definition) is 7. The van der Waals surface area contributed by atoms with Crippen LogP contribution in [-0.2, 0) is 5.41 Å². The van der Waals surface area contributed by atoms with Gasteiger partial charge in [0.2, 0.25) is 0 Å². The van der Waals surface area contributed by atoms with Gasteiger partial charge in [0.1, 0.15) is 29.9 Å². The molecule has 2 aliphatic rings. The highest BCUT2D eigenvalue weighted by atomic mass is 16.5. The Hall–Kier alpha value is -4.10. The summed E-state index contributed by atoms with van der Waals surface area (Å²) in [5.74, 6) is 1.96. The number of methoxy groups -OCH3 is 2. The van der Waals surface area contributed by atoms with Crippen molar-refractivity contribution in [2.45, 2.75) is 11.1 Å². The molecular formula is C26H23N5O2. The molecule has 0 aromatic heterocycles. The average Bonchev–Trinajstić information content (AvgIpc) is 3.37. The van der Waals surface area contributed by atoms with Gasteiger partial charge in [0, 0.05) is 0 Å². The minimum atomic E-state index is -1.33. The Morgan fingerprint density at radius 2 is 1.24 bits per heavy atom. The Bertz CT molecular complexity index is 1230. The van der Waals surface area contributed by atoms with E-state index in [1.54, 1.807) is 14.2 Å². The van der Waals surface area contributed by atoms with E-state index < -0.39 is 11.1 Å². The number of rotatable bonds is 6. The fourth-order valence-corrected chi connectivity index (χ4v) is 4.66. The van der Waals surface area contributed by atoms with Gasteiger partial charge in [0.25, 0.3) is 0 Å². The monoisotopic (exact) mass is 437 g/mol. The third kappa shape index (κ3) is 3.08. The highest BCUT2D eigenvalue weighted by Crippen LogP contribution is 2.49. The summed E-state index contributed by atoms with van der Waals surface area (Å²) in [5.41, 5.74) is 8.34. The van der Waals surface area contributed by atoms with Gasteiger partial charge < -0.3 is 15.2 Å². The van der Waals surface area contributed by atoms with Crippen molar-refractivity contribution >= 4 is 24.2 Å². The smallest absolute Gasteiger partial charge is 0.180 e. The normalized spacial score (nSPS) is 19.0. The van der Waals surface area contributed by atoms with Crippen LogP contribution in [0.15, 0.2) is 98.8 Å². The molecular weight excluding hydrogens is 414 g/mol. The van der Waals surface area contributed by atoms with Crippen molar-refractivity contribution in [3.05, 3.63) is 95.6 Å². The van der Waals surface area contributed by atoms with E-state index in [1.165, 1.54) is 12.7 Å². The number of ether oxygens (including phenoxy) is 2. The van der Waals surface area contributed by atoms with Gasteiger partial charge in [-0.25, -0.2) is 20.0 Å². The quantitative estimate of drug-likeness (QED) is 0.597. The Labute approximate surface area is 192 Å².